The van der Waals surface area contributed by atoms with E-state index in [1.165, 1.54) is 12.0 Å². The van der Waals surface area contributed by atoms with Gasteiger partial charge in [-0.15, -0.1) is 0 Å². The number of likely N-dealkylation sites (tertiary alicyclic amines) is 1. The number of piperidine rings is 1. The maximum Gasteiger partial charge on any atom is 0.311 e. The predicted octanol–water partition coefficient (Wildman–Crippen LogP) is 8.67. The van der Waals surface area contributed by atoms with Crippen molar-refractivity contribution in [1.82, 2.24) is 10.2 Å². The Bertz CT molecular complexity index is 1280. The van der Waals surface area contributed by atoms with Crippen LogP contribution < -0.4 is 5.32 Å². The van der Waals surface area contributed by atoms with Gasteiger partial charge in [-0.1, -0.05) is 60.7 Å². The van der Waals surface area contributed by atoms with Gasteiger partial charge in [0.15, 0.2) is 0 Å². The molecule has 1 saturated heterocycles. The molecule has 2 aromatic carbocycles. The first-order valence-corrected chi connectivity index (χ1v) is 18.8. The Labute approximate surface area is 315 Å². The molecule has 0 atom stereocenters. The molecule has 1 aliphatic heterocycles. The Hall–Kier alpha value is -3.27. The van der Waals surface area contributed by atoms with E-state index in [-0.39, 0.29) is 47.8 Å². The number of benzene rings is 2. The van der Waals surface area contributed by atoms with E-state index in [9.17, 15) is 14.4 Å². The van der Waals surface area contributed by atoms with Crippen LogP contribution in [0.4, 0.5) is 0 Å². The van der Waals surface area contributed by atoms with Crippen molar-refractivity contribution in [2.45, 2.75) is 151 Å². The molecule has 1 heterocycles. The summed E-state index contributed by atoms with van der Waals surface area (Å²) in [5.74, 6) is -0.0200. The molecule has 52 heavy (non-hydrogen) atoms. The van der Waals surface area contributed by atoms with Crippen LogP contribution in [-0.4, -0.2) is 71.8 Å². The second-order valence-corrected chi connectivity index (χ2v) is 17.3. The second kappa shape index (κ2) is 22.7. The third-order valence-corrected chi connectivity index (χ3v) is 7.26. The lowest BCUT2D eigenvalue weighted by molar-refractivity contribution is -0.154. The maximum atomic E-state index is 11.6. The highest BCUT2D eigenvalue weighted by Gasteiger charge is 2.24. The molecule has 4 rings (SSSR count). The van der Waals surface area contributed by atoms with Crippen LogP contribution >= 0.6 is 0 Å². The smallest absolute Gasteiger partial charge is 0.311 e. The summed E-state index contributed by atoms with van der Waals surface area (Å²) in [6.45, 7) is 26.8. The molecule has 2 amide bonds. The van der Waals surface area contributed by atoms with Gasteiger partial charge in [-0.05, 0) is 126 Å². The summed E-state index contributed by atoms with van der Waals surface area (Å²) >= 11 is 0. The Kier molecular flexibility index (Phi) is 20.4. The molecule has 0 unspecified atom stereocenters. The normalized spacial score (nSPS) is 14.7. The number of nitrogens with one attached hydrogen (secondary N) is 1. The number of esters is 1. The lowest BCUT2D eigenvalue weighted by Gasteiger charge is -2.28. The van der Waals surface area contributed by atoms with Crippen molar-refractivity contribution in [3.05, 3.63) is 71.8 Å². The Balaban J connectivity index is 0.000000348. The molecule has 0 radical (unpaired) electrons. The van der Waals surface area contributed by atoms with E-state index in [1.54, 1.807) is 0 Å². The van der Waals surface area contributed by atoms with Crippen molar-refractivity contribution >= 4 is 17.8 Å². The van der Waals surface area contributed by atoms with Crippen LogP contribution in [0.1, 0.15) is 126 Å². The van der Waals surface area contributed by atoms with Gasteiger partial charge in [-0.3, -0.25) is 14.4 Å². The number of nitrogens with zero attached hydrogens (tertiary/aromatic N) is 1. The quantitative estimate of drug-likeness (QED) is 0.258. The molecule has 0 aromatic heterocycles. The van der Waals surface area contributed by atoms with E-state index in [4.69, 9.17) is 18.9 Å². The summed E-state index contributed by atoms with van der Waals surface area (Å²) in [4.78, 5) is 36.1. The summed E-state index contributed by atoms with van der Waals surface area (Å²) in [5.41, 5.74) is 1.34. The molecular weight excluding hydrogens is 656 g/mol. The van der Waals surface area contributed by atoms with Crippen LogP contribution in [-0.2, 0) is 46.5 Å². The first-order valence-electron chi connectivity index (χ1n) is 18.8. The van der Waals surface area contributed by atoms with Crippen LogP contribution in [0.5, 0.6) is 0 Å². The van der Waals surface area contributed by atoms with Gasteiger partial charge in [0.05, 0.1) is 28.8 Å². The van der Waals surface area contributed by atoms with E-state index < -0.39 is 5.41 Å². The molecule has 1 saturated carbocycles. The molecule has 0 bridgehead atoms. The predicted molar refractivity (Wildman–Crippen MR) is 210 cm³/mol. The Morgan fingerprint density at radius 2 is 1.06 bits per heavy atom. The van der Waals surface area contributed by atoms with E-state index >= 15 is 0 Å². The number of rotatable bonds is 9. The van der Waals surface area contributed by atoms with Crippen molar-refractivity contribution < 1.29 is 33.3 Å². The summed E-state index contributed by atoms with van der Waals surface area (Å²) < 4.78 is 21.5. The first-order chi connectivity index (χ1) is 24.0. The lowest BCUT2D eigenvalue weighted by atomic mass is 9.97. The molecule has 294 valence electrons. The fraction of sp³-hybridized carbons (Fsp3) is 0.651. The summed E-state index contributed by atoms with van der Waals surface area (Å²) in [6.07, 6.45) is 5.79. The highest BCUT2D eigenvalue weighted by molar-refractivity contribution is 5.78. The standard InChI is InChI=1S/C12H16O2.C11H21NO2.C11H16O.C9H17NO2/c1-12(2,3)11(13)14-9-10-7-5-4-6-8-10;1-11(2,3)14-9-10(13)12-7-5-4-6-8-12;1-11(2,3)12-9-10-7-5-4-6-8-10;1-9(2,3)12-6-8(11)10-7-4-5-7/h4-8H,9H2,1-3H3;4-9H2,1-3H3;4-8H,9H2,1-3H3;7H,4-6H2,1-3H3,(H,10,11). The van der Waals surface area contributed by atoms with Crippen molar-refractivity contribution in [2.24, 2.45) is 5.41 Å². The van der Waals surface area contributed by atoms with E-state index in [2.05, 4.69) is 38.2 Å². The number of ether oxygens (including phenoxy) is 4. The van der Waals surface area contributed by atoms with Gasteiger partial charge in [0, 0.05) is 19.1 Å². The highest BCUT2D eigenvalue weighted by atomic mass is 16.5. The number of amides is 2. The largest absolute Gasteiger partial charge is 0.460 e. The van der Waals surface area contributed by atoms with Crippen molar-refractivity contribution in [2.75, 3.05) is 26.3 Å². The minimum absolute atomic E-state index is 0.00688. The molecular formula is C43H70N2O7. The van der Waals surface area contributed by atoms with Crippen molar-refractivity contribution in [3.63, 3.8) is 0 Å². The van der Waals surface area contributed by atoms with Gasteiger partial charge in [0.2, 0.25) is 11.8 Å². The van der Waals surface area contributed by atoms with Crippen LogP contribution in [0, 0.1) is 5.41 Å². The Morgan fingerprint density at radius 1 is 0.615 bits per heavy atom. The van der Waals surface area contributed by atoms with Gasteiger partial charge in [-0.25, -0.2) is 0 Å². The van der Waals surface area contributed by atoms with E-state index in [0.717, 1.165) is 44.3 Å². The third-order valence-electron chi connectivity index (χ3n) is 7.26. The molecule has 1 aliphatic carbocycles. The van der Waals surface area contributed by atoms with Gasteiger partial charge in [-0.2, -0.15) is 0 Å². The summed E-state index contributed by atoms with van der Waals surface area (Å²) in [7, 11) is 0. The SMILES string of the molecule is CC(C)(C)C(=O)OCc1ccccc1.CC(C)(C)OCC(=O)N1CCCCC1.CC(C)(C)OCC(=O)NC1CC1.CC(C)(C)OCc1ccccc1. The molecule has 2 aliphatic rings. The third kappa shape index (κ3) is 26.5. The zero-order valence-electron chi connectivity index (χ0n) is 34.4. The van der Waals surface area contributed by atoms with Gasteiger partial charge >= 0.3 is 5.97 Å². The average Bonchev–Trinajstić information content (AvgIpc) is 3.89. The van der Waals surface area contributed by atoms with Gasteiger partial charge in [0.1, 0.15) is 19.8 Å². The minimum Gasteiger partial charge on any atom is -0.460 e. The molecule has 9 heteroatoms. The summed E-state index contributed by atoms with van der Waals surface area (Å²) in [6, 6.07) is 20.3. The second-order valence-electron chi connectivity index (χ2n) is 17.3. The molecule has 1 N–H and O–H groups in total. The maximum absolute atomic E-state index is 11.6. The number of carbonyl (C=O) groups excluding carboxylic acids is 3. The molecule has 2 fully saturated rings. The van der Waals surface area contributed by atoms with Crippen LogP contribution in [0.2, 0.25) is 0 Å². The highest BCUT2D eigenvalue weighted by Crippen LogP contribution is 2.19. The lowest BCUT2D eigenvalue weighted by Crippen LogP contribution is -2.39. The van der Waals surface area contributed by atoms with Gasteiger partial charge in [0.25, 0.3) is 0 Å². The van der Waals surface area contributed by atoms with Gasteiger partial charge < -0.3 is 29.2 Å². The first kappa shape index (κ1) is 46.8. The fourth-order valence-corrected chi connectivity index (χ4v) is 4.11. The van der Waals surface area contributed by atoms with Crippen molar-refractivity contribution in [1.29, 1.82) is 0 Å². The zero-order chi connectivity index (χ0) is 39.4. The topological polar surface area (TPSA) is 103 Å². The molecule has 9 nitrogen and oxygen atoms in total. The van der Waals surface area contributed by atoms with E-state index in [1.807, 2.05) is 116 Å². The number of hydrogen-bond acceptors (Lipinski definition) is 7. The van der Waals surface area contributed by atoms with E-state index in [0.29, 0.717) is 19.3 Å². The Morgan fingerprint density at radius 3 is 1.48 bits per heavy atom. The van der Waals surface area contributed by atoms with Crippen molar-refractivity contribution in [3.8, 4) is 0 Å². The number of hydrogen-bond donors (Lipinski definition) is 1. The average molecular weight is 727 g/mol. The van der Waals surface area contributed by atoms with Crippen LogP contribution in [0.25, 0.3) is 0 Å². The number of carbonyl (C=O) groups is 3. The molecule has 0 spiro atoms. The molecule has 2 aromatic rings. The monoisotopic (exact) mass is 727 g/mol. The van der Waals surface area contributed by atoms with Crippen LogP contribution in [0.3, 0.4) is 0 Å². The minimum atomic E-state index is -0.422. The fourth-order valence-electron chi connectivity index (χ4n) is 4.11. The van der Waals surface area contributed by atoms with Crippen LogP contribution in [0.15, 0.2) is 60.7 Å². The summed E-state index contributed by atoms with van der Waals surface area (Å²) in [5, 5.41) is 2.86. The zero-order valence-corrected chi connectivity index (χ0v) is 34.4.